The summed E-state index contributed by atoms with van der Waals surface area (Å²) >= 11 is 0. The molecule has 84 valence electrons. The van der Waals surface area contributed by atoms with Crippen molar-refractivity contribution in [1.29, 1.82) is 0 Å². The van der Waals surface area contributed by atoms with Crippen LogP contribution in [0.25, 0.3) is 0 Å². The smallest absolute Gasteiger partial charge is 0.246 e. The highest BCUT2D eigenvalue weighted by molar-refractivity contribution is 5.93. The van der Waals surface area contributed by atoms with Crippen molar-refractivity contribution < 1.29 is 9.59 Å². The fraction of sp³-hybridized carbons (Fsp3) is 0.455. The van der Waals surface area contributed by atoms with Crippen molar-refractivity contribution in [3.05, 3.63) is 24.3 Å². The van der Waals surface area contributed by atoms with E-state index in [9.17, 15) is 9.59 Å². The van der Waals surface area contributed by atoms with Gasteiger partial charge < -0.3 is 10.6 Å². The second-order valence-electron chi connectivity index (χ2n) is 3.65. The molecule has 1 unspecified atom stereocenters. The second kappa shape index (κ2) is 6.01. The molecule has 0 rings (SSSR count). The van der Waals surface area contributed by atoms with Gasteiger partial charge in [0.2, 0.25) is 11.8 Å². The molecule has 0 aromatic rings. The maximum Gasteiger partial charge on any atom is 0.246 e. The summed E-state index contributed by atoms with van der Waals surface area (Å²) < 4.78 is 0. The van der Waals surface area contributed by atoms with Crippen molar-refractivity contribution in [3.63, 3.8) is 0 Å². The van der Waals surface area contributed by atoms with E-state index in [2.05, 4.69) is 23.8 Å². The number of rotatable bonds is 5. The summed E-state index contributed by atoms with van der Waals surface area (Å²) in [6, 6.07) is -0.127. The number of carbonyl (C=O) groups is 2. The lowest BCUT2D eigenvalue weighted by Crippen LogP contribution is -2.42. The molecule has 0 aromatic heterocycles. The molecule has 1 atom stereocenters. The van der Waals surface area contributed by atoms with Crippen LogP contribution in [0.5, 0.6) is 0 Å². The van der Waals surface area contributed by atoms with Crippen LogP contribution >= 0.6 is 0 Å². The van der Waals surface area contributed by atoms with Crippen LogP contribution in [0.2, 0.25) is 0 Å². The minimum atomic E-state index is -0.202. The van der Waals surface area contributed by atoms with Gasteiger partial charge in [0, 0.05) is 23.7 Å². The van der Waals surface area contributed by atoms with Crippen LogP contribution < -0.4 is 10.6 Å². The highest BCUT2D eigenvalue weighted by Crippen LogP contribution is 1.90. The first-order valence-electron chi connectivity index (χ1n) is 4.74. The van der Waals surface area contributed by atoms with Gasteiger partial charge in [0.05, 0.1) is 0 Å². The number of hydrogen-bond donors (Lipinski definition) is 2. The molecule has 0 heterocycles. The van der Waals surface area contributed by atoms with Crippen molar-refractivity contribution >= 4 is 11.8 Å². The molecule has 15 heavy (non-hydrogen) atoms. The van der Waals surface area contributed by atoms with Gasteiger partial charge in [0.25, 0.3) is 0 Å². The third kappa shape index (κ3) is 5.67. The second-order valence-corrected chi connectivity index (χ2v) is 3.65. The van der Waals surface area contributed by atoms with Crippen LogP contribution in [-0.2, 0) is 9.59 Å². The molecule has 4 heteroatoms. The van der Waals surface area contributed by atoms with E-state index in [-0.39, 0.29) is 17.9 Å². The van der Waals surface area contributed by atoms with Crippen LogP contribution in [0.15, 0.2) is 24.3 Å². The molecule has 2 N–H and O–H groups in total. The van der Waals surface area contributed by atoms with E-state index in [4.69, 9.17) is 0 Å². The zero-order valence-corrected chi connectivity index (χ0v) is 9.52. The van der Waals surface area contributed by atoms with Gasteiger partial charge in [-0.2, -0.15) is 0 Å². The number of amides is 2. The SMILES string of the molecule is C=C(C)C(=O)NCC(C)NC(=O)C(=C)C. The highest BCUT2D eigenvalue weighted by Gasteiger charge is 2.09. The van der Waals surface area contributed by atoms with Gasteiger partial charge in [0.15, 0.2) is 0 Å². The predicted molar refractivity (Wildman–Crippen MR) is 60.2 cm³/mol. The molecule has 0 aromatic carbocycles. The van der Waals surface area contributed by atoms with E-state index in [0.29, 0.717) is 17.7 Å². The van der Waals surface area contributed by atoms with Crippen molar-refractivity contribution in [3.8, 4) is 0 Å². The van der Waals surface area contributed by atoms with Crippen molar-refractivity contribution in [2.24, 2.45) is 0 Å². The highest BCUT2D eigenvalue weighted by atomic mass is 16.2. The van der Waals surface area contributed by atoms with Crippen LogP contribution in [0.4, 0.5) is 0 Å². The number of carbonyl (C=O) groups excluding carboxylic acids is 2. The third-order valence-corrected chi connectivity index (χ3v) is 1.72. The lowest BCUT2D eigenvalue weighted by molar-refractivity contribution is -0.119. The van der Waals surface area contributed by atoms with Gasteiger partial charge in [-0.25, -0.2) is 0 Å². The first-order chi connectivity index (χ1) is 6.84. The summed E-state index contributed by atoms with van der Waals surface area (Å²) in [6.07, 6.45) is 0. The van der Waals surface area contributed by atoms with Gasteiger partial charge in [-0.3, -0.25) is 9.59 Å². The molecule has 0 bridgehead atoms. The molecule has 0 aliphatic carbocycles. The molecule has 0 spiro atoms. The molecule has 0 radical (unpaired) electrons. The standard InChI is InChI=1S/C11H18N2O2/c1-7(2)10(14)12-6-9(5)13-11(15)8(3)4/h9H,1,3,6H2,2,4-5H3,(H,12,14)(H,13,15). The summed E-state index contributed by atoms with van der Waals surface area (Å²) in [5, 5.41) is 5.33. The number of hydrogen-bond acceptors (Lipinski definition) is 2. The quantitative estimate of drug-likeness (QED) is 0.658. The van der Waals surface area contributed by atoms with E-state index in [1.807, 2.05) is 0 Å². The summed E-state index contributed by atoms with van der Waals surface area (Å²) in [4.78, 5) is 22.3. The molecule has 4 nitrogen and oxygen atoms in total. The Morgan fingerprint density at radius 2 is 1.60 bits per heavy atom. The van der Waals surface area contributed by atoms with Crippen LogP contribution in [0, 0.1) is 0 Å². The van der Waals surface area contributed by atoms with Gasteiger partial charge in [0.1, 0.15) is 0 Å². The van der Waals surface area contributed by atoms with Crippen molar-refractivity contribution in [1.82, 2.24) is 10.6 Å². The van der Waals surface area contributed by atoms with Gasteiger partial charge >= 0.3 is 0 Å². The molecule has 0 saturated carbocycles. The average molecular weight is 210 g/mol. The summed E-state index contributed by atoms with van der Waals surface area (Å²) in [7, 11) is 0. The van der Waals surface area contributed by atoms with Crippen molar-refractivity contribution in [2.45, 2.75) is 26.8 Å². The van der Waals surface area contributed by atoms with Gasteiger partial charge in [-0.05, 0) is 20.8 Å². The molecular formula is C11H18N2O2. The monoisotopic (exact) mass is 210 g/mol. The average Bonchev–Trinajstić information content (AvgIpc) is 2.13. The van der Waals surface area contributed by atoms with Gasteiger partial charge in [-0.15, -0.1) is 0 Å². The molecule has 0 aliphatic rings. The Morgan fingerprint density at radius 1 is 1.13 bits per heavy atom. The Balaban J connectivity index is 3.90. The molecule has 0 aliphatic heterocycles. The minimum absolute atomic E-state index is 0.127. The zero-order chi connectivity index (χ0) is 12.0. The normalized spacial score (nSPS) is 11.4. The van der Waals surface area contributed by atoms with Crippen molar-refractivity contribution in [2.75, 3.05) is 6.54 Å². The maximum absolute atomic E-state index is 11.2. The zero-order valence-electron chi connectivity index (χ0n) is 9.52. The fourth-order valence-electron chi connectivity index (χ4n) is 0.795. The lowest BCUT2D eigenvalue weighted by atomic mass is 10.2. The lowest BCUT2D eigenvalue weighted by Gasteiger charge is -2.14. The summed E-state index contributed by atoms with van der Waals surface area (Å²) in [5.74, 6) is -0.404. The Hall–Kier alpha value is -1.58. The molecule has 0 fully saturated rings. The largest absolute Gasteiger partial charge is 0.350 e. The Kier molecular flexibility index (Phi) is 5.37. The Bertz CT molecular complexity index is 295. The molecule has 2 amide bonds. The molecular weight excluding hydrogens is 192 g/mol. The Morgan fingerprint density at radius 3 is 2.00 bits per heavy atom. The predicted octanol–water partition coefficient (Wildman–Crippen LogP) is 0.760. The summed E-state index contributed by atoms with van der Waals surface area (Å²) in [5.41, 5.74) is 0.904. The molecule has 0 saturated heterocycles. The number of nitrogens with one attached hydrogen (secondary N) is 2. The van der Waals surface area contributed by atoms with Crippen LogP contribution in [-0.4, -0.2) is 24.4 Å². The maximum atomic E-state index is 11.2. The third-order valence-electron chi connectivity index (χ3n) is 1.72. The van der Waals surface area contributed by atoms with E-state index in [0.717, 1.165) is 0 Å². The van der Waals surface area contributed by atoms with E-state index < -0.39 is 0 Å². The minimum Gasteiger partial charge on any atom is -0.350 e. The topological polar surface area (TPSA) is 58.2 Å². The van der Waals surface area contributed by atoms with Gasteiger partial charge in [-0.1, -0.05) is 13.2 Å². The van der Waals surface area contributed by atoms with E-state index in [1.54, 1.807) is 20.8 Å². The Labute approximate surface area is 90.4 Å². The fourth-order valence-corrected chi connectivity index (χ4v) is 0.795. The van der Waals surface area contributed by atoms with E-state index in [1.165, 1.54) is 0 Å². The summed E-state index contributed by atoms with van der Waals surface area (Å²) in [6.45, 7) is 12.5. The van der Waals surface area contributed by atoms with E-state index >= 15 is 0 Å². The van der Waals surface area contributed by atoms with Crippen LogP contribution in [0.3, 0.4) is 0 Å². The van der Waals surface area contributed by atoms with Crippen LogP contribution in [0.1, 0.15) is 20.8 Å². The first-order valence-corrected chi connectivity index (χ1v) is 4.74. The first kappa shape index (κ1) is 13.4.